The molecule has 378 valence electrons. The SMILES string of the molecule is CCCCCCCCCCCCCCCCCCC(CCCCCCCCCCCCCCCCCC)CCCCC(CCCCCCCCCC)OC(=O)CCCn1cc[n+](C)c1. The monoisotopic (exact) mass is 898 g/mol. The Morgan fingerprint density at radius 3 is 1.00 bits per heavy atom. The van der Waals surface area contributed by atoms with Gasteiger partial charge in [-0.15, -0.1) is 0 Å². The predicted molar refractivity (Wildman–Crippen MR) is 282 cm³/mol. The highest BCUT2D eigenvalue weighted by molar-refractivity contribution is 5.69. The average molecular weight is 899 g/mol. The molecular weight excluding hydrogens is 781 g/mol. The van der Waals surface area contributed by atoms with Gasteiger partial charge < -0.3 is 4.74 Å². The van der Waals surface area contributed by atoms with Crippen molar-refractivity contribution in [1.29, 1.82) is 0 Å². The molecule has 0 aromatic carbocycles. The number of aryl methyl sites for hydroxylation is 2. The summed E-state index contributed by atoms with van der Waals surface area (Å²) in [5, 5.41) is 0. The van der Waals surface area contributed by atoms with Gasteiger partial charge in [-0.3, -0.25) is 4.79 Å². The number of carbonyl (C=O) groups is 1. The summed E-state index contributed by atoms with van der Waals surface area (Å²) in [6.07, 6.45) is 73.6. The molecule has 1 unspecified atom stereocenters. The van der Waals surface area contributed by atoms with E-state index in [4.69, 9.17) is 4.74 Å². The number of carbonyl (C=O) groups excluding carboxylic acids is 1. The zero-order valence-corrected chi connectivity index (χ0v) is 44.5. The number of hydrogen-bond donors (Lipinski definition) is 0. The fourth-order valence-electron chi connectivity index (χ4n) is 10.3. The highest BCUT2D eigenvalue weighted by Gasteiger charge is 2.16. The van der Waals surface area contributed by atoms with E-state index in [1.54, 1.807) is 0 Å². The fraction of sp³-hybridized carbons (Fsp3) is 0.933. The highest BCUT2D eigenvalue weighted by Crippen LogP contribution is 2.26. The molecule has 4 nitrogen and oxygen atoms in total. The summed E-state index contributed by atoms with van der Waals surface area (Å²) in [6, 6.07) is 0. The molecule has 1 aromatic heterocycles. The largest absolute Gasteiger partial charge is 0.462 e. The van der Waals surface area contributed by atoms with Gasteiger partial charge in [0, 0.05) is 6.42 Å². The molecule has 0 radical (unpaired) electrons. The maximum atomic E-state index is 13.0. The van der Waals surface area contributed by atoms with Crippen LogP contribution >= 0.6 is 0 Å². The Labute approximate surface area is 402 Å². The van der Waals surface area contributed by atoms with E-state index in [0.29, 0.717) is 6.42 Å². The minimum atomic E-state index is 0.0194. The Morgan fingerprint density at radius 1 is 0.406 bits per heavy atom. The van der Waals surface area contributed by atoms with Crippen LogP contribution in [0.15, 0.2) is 18.7 Å². The standard InChI is InChI=1S/C60H117N2O2/c1-5-8-11-14-17-20-22-24-26-28-30-32-34-36-39-42-48-58(49-43-40-37-35-33-31-29-27-25-23-21-18-15-12-9-6-2)50-45-46-52-59(51-44-41-38-19-16-13-10-7-3)64-60(63)53-47-54-62-56-55-61(4)57-62/h55-59H,5-54H2,1-4H3/q+1. The molecule has 0 fully saturated rings. The molecule has 0 aliphatic rings. The van der Waals surface area contributed by atoms with Crippen molar-refractivity contribution in [2.24, 2.45) is 13.0 Å². The zero-order valence-electron chi connectivity index (χ0n) is 44.5. The molecule has 1 aromatic rings. The number of esters is 1. The summed E-state index contributed by atoms with van der Waals surface area (Å²) in [7, 11) is 2.05. The zero-order chi connectivity index (χ0) is 46.1. The number of rotatable bonds is 53. The Hall–Kier alpha value is -1.32. The summed E-state index contributed by atoms with van der Waals surface area (Å²) in [6.45, 7) is 7.80. The maximum absolute atomic E-state index is 13.0. The van der Waals surface area contributed by atoms with Crippen molar-refractivity contribution in [3.05, 3.63) is 18.7 Å². The second kappa shape index (κ2) is 49.6. The normalized spacial score (nSPS) is 12.2. The van der Waals surface area contributed by atoms with E-state index in [9.17, 15) is 4.79 Å². The van der Waals surface area contributed by atoms with E-state index in [1.807, 2.05) is 7.05 Å². The predicted octanol–water partition coefficient (Wildman–Crippen LogP) is 20.0. The van der Waals surface area contributed by atoms with Gasteiger partial charge in [0.15, 0.2) is 0 Å². The van der Waals surface area contributed by atoms with Crippen LogP contribution in [0.5, 0.6) is 0 Å². The lowest BCUT2D eigenvalue weighted by molar-refractivity contribution is -0.671. The second-order valence-corrected chi connectivity index (χ2v) is 21.1. The first-order valence-corrected chi connectivity index (χ1v) is 29.8. The van der Waals surface area contributed by atoms with Crippen molar-refractivity contribution in [3.63, 3.8) is 0 Å². The Balaban J connectivity index is 2.43. The summed E-state index contributed by atoms with van der Waals surface area (Å²) >= 11 is 0. The van der Waals surface area contributed by atoms with Gasteiger partial charge in [-0.1, -0.05) is 297 Å². The van der Waals surface area contributed by atoms with E-state index >= 15 is 0 Å². The lowest BCUT2D eigenvalue weighted by atomic mass is 9.89. The molecule has 1 rings (SSSR count). The fourth-order valence-corrected chi connectivity index (χ4v) is 10.3. The molecular formula is C60H117N2O2+. The molecule has 0 saturated heterocycles. The smallest absolute Gasteiger partial charge is 0.306 e. The van der Waals surface area contributed by atoms with E-state index in [0.717, 1.165) is 31.7 Å². The van der Waals surface area contributed by atoms with Gasteiger partial charge in [0.1, 0.15) is 18.5 Å². The summed E-state index contributed by atoms with van der Waals surface area (Å²) in [4.78, 5) is 13.0. The number of hydrogen-bond acceptors (Lipinski definition) is 2. The lowest BCUT2D eigenvalue weighted by Crippen LogP contribution is -2.23. The number of aromatic nitrogens is 2. The van der Waals surface area contributed by atoms with Crippen molar-refractivity contribution < 1.29 is 14.1 Å². The van der Waals surface area contributed by atoms with Gasteiger partial charge in [-0.2, -0.15) is 0 Å². The second-order valence-electron chi connectivity index (χ2n) is 21.1. The van der Waals surface area contributed by atoms with Crippen LogP contribution in [0.1, 0.15) is 335 Å². The Kier molecular flexibility index (Phi) is 47.0. The molecule has 0 aliphatic heterocycles. The van der Waals surface area contributed by atoms with Crippen molar-refractivity contribution in [1.82, 2.24) is 4.57 Å². The molecule has 1 heterocycles. The quantitative estimate of drug-likeness (QED) is 0.0371. The third-order valence-electron chi connectivity index (χ3n) is 14.6. The number of unbranched alkanes of at least 4 members (excludes halogenated alkanes) is 38. The molecule has 0 spiro atoms. The van der Waals surface area contributed by atoms with Crippen LogP contribution < -0.4 is 4.57 Å². The molecule has 0 amide bonds. The van der Waals surface area contributed by atoms with Crippen LogP contribution in [-0.2, 0) is 23.1 Å². The minimum Gasteiger partial charge on any atom is -0.462 e. The van der Waals surface area contributed by atoms with E-state index in [1.165, 1.54) is 289 Å². The van der Waals surface area contributed by atoms with Crippen molar-refractivity contribution >= 4 is 5.97 Å². The van der Waals surface area contributed by atoms with Gasteiger partial charge >= 0.3 is 5.97 Å². The van der Waals surface area contributed by atoms with Crippen LogP contribution in [0, 0.1) is 5.92 Å². The first-order valence-electron chi connectivity index (χ1n) is 29.8. The molecule has 1 atom stereocenters. The molecule has 0 bridgehead atoms. The summed E-state index contributed by atoms with van der Waals surface area (Å²) < 4.78 is 10.5. The third kappa shape index (κ3) is 43.3. The average Bonchev–Trinajstić information content (AvgIpc) is 3.72. The van der Waals surface area contributed by atoms with E-state index < -0.39 is 0 Å². The topological polar surface area (TPSA) is 35.1 Å². The summed E-state index contributed by atoms with van der Waals surface area (Å²) in [5.41, 5.74) is 0. The van der Waals surface area contributed by atoms with Gasteiger partial charge in [-0.05, 0) is 38.0 Å². The Bertz CT molecular complexity index is 1020. The van der Waals surface area contributed by atoms with Gasteiger partial charge in [-0.25, -0.2) is 9.13 Å². The molecule has 0 N–H and O–H groups in total. The first kappa shape index (κ1) is 60.7. The molecule has 64 heavy (non-hydrogen) atoms. The van der Waals surface area contributed by atoms with Gasteiger partial charge in [0.05, 0.1) is 13.6 Å². The van der Waals surface area contributed by atoms with Crippen LogP contribution in [-0.4, -0.2) is 16.6 Å². The van der Waals surface area contributed by atoms with E-state index in [2.05, 4.69) is 48.6 Å². The van der Waals surface area contributed by atoms with Gasteiger partial charge in [0.2, 0.25) is 6.33 Å². The van der Waals surface area contributed by atoms with Crippen molar-refractivity contribution in [2.75, 3.05) is 0 Å². The highest BCUT2D eigenvalue weighted by atomic mass is 16.5. The van der Waals surface area contributed by atoms with E-state index in [-0.39, 0.29) is 12.1 Å². The molecule has 0 saturated carbocycles. The van der Waals surface area contributed by atoms with Crippen LogP contribution in [0.3, 0.4) is 0 Å². The molecule has 4 heteroatoms. The first-order chi connectivity index (χ1) is 31.6. The number of ether oxygens (including phenoxy) is 1. The number of nitrogens with zero attached hydrogens (tertiary/aromatic N) is 2. The third-order valence-corrected chi connectivity index (χ3v) is 14.6. The lowest BCUT2D eigenvalue weighted by Gasteiger charge is -2.20. The minimum absolute atomic E-state index is 0.0194. The Morgan fingerprint density at radius 2 is 0.688 bits per heavy atom. The van der Waals surface area contributed by atoms with Crippen molar-refractivity contribution in [3.8, 4) is 0 Å². The molecule has 0 aliphatic carbocycles. The van der Waals surface area contributed by atoms with Crippen molar-refractivity contribution in [2.45, 2.75) is 348 Å². The van der Waals surface area contributed by atoms with Crippen LogP contribution in [0.4, 0.5) is 0 Å². The van der Waals surface area contributed by atoms with Crippen LogP contribution in [0.25, 0.3) is 0 Å². The summed E-state index contributed by atoms with van der Waals surface area (Å²) in [5.74, 6) is 0.911. The maximum Gasteiger partial charge on any atom is 0.306 e. The number of imidazole rings is 1. The van der Waals surface area contributed by atoms with Gasteiger partial charge in [0.25, 0.3) is 0 Å². The van der Waals surface area contributed by atoms with Crippen LogP contribution in [0.2, 0.25) is 0 Å².